The quantitative estimate of drug-likeness (QED) is 0.676. The third kappa shape index (κ3) is 4.67. The van der Waals surface area contributed by atoms with Crippen LogP contribution in [-0.2, 0) is 11.3 Å². The van der Waals surface area contributed by atoms with Gasteiger partial charge in [-0.05, 0) is 25.0 Å². The number of aromatic hydroxyl groups is 1. The van der Waals surface area contributed by atoms with Gasteiger partial charge in [-0.15, -0.1) is 0 Å². The van der Waals surface area contributed by atoms with Crippen molar-refractivity contribution in [3.63, 3.8) is 0 Å². The van der Waals surface area contributed by atoms with Gasteiger partial charge in [0.25, 0.3) is 11.8 Å². The molecule has 2 amide bonds. The lowest BCUT2D eigenvalue weighted by Crippen LogP contribution is -2.47. The molecule has 13 heteroatoms. The standard InChI is InChI=1S/C21H20ClF3N4O5/c22-12-4-1-2-6-14(12)34-10-15(30)28-7-3-5-13(28)18-26-19(32)17(31)16-20(33)27(8-9-29(16)18)11-21(23,24)25/h1-2,4,6,13,31H,3,5,7-11H2. The average Bonchev–Trinajstić information content (AvgIpc) is 3.26. The van der Waals surface area contributed by atoms with Crippen molar-refractivity contribution in [2.45, 2.75) is 31.6 Å². The van der Waals surface area contributed by atoms with E-state index in [2.05, 4.69) is 4.98 Å². The number of fused-ring (bicyclic) bond motifs is 1. The van der Waals surface area contributed by atoms with Crippen LogP contribution in [0.2, 0.25) is 5.02 Å². The molecule has 1 aromatic heterocycles. The topological polar surface area (TPSA) is 105 Å². The van der Waals surface area contributed by atoms with Gasteiger partial charge in [0, 0.05) is 19.6 Å². The highest BCUT2D eigenvalue weighted by Gasteiger charge is 2.40. The highest BCUT2D eigenvalue weighted by Crippen LogP contribution is 2.34. The van der Waals surface area contributed by atoms with Gasteiger partial charge in [-0.1, -0.05) is 23.7 Å². The van der Waals surface area contributed by atoms with E-state index in [0.29, 0.717) is 35.1 Å². The molecule has 0 aliphatic carbocycles. The number of aromatic nitrogens is 2. The van der Waals surface area contributed by atoms with E-state index in [-0.39, 0.29) is 25.5 Å². The number of para-hydroxylation sites is 1. The van der Waals surface area contributed by atoms with E-state index in [1.807, 2.05) is 0 Å². The summed E-state index contributed by atoms with van der Waals surface area (Å²) in [4.78, 5) is 43.8. The molecule has 3 heterocycles. The number of amides is 2. The lowest BCUT2D eigenvalue weighted by molar-refractivity contribution is -0.141. The van der Waals surface area contributed by atoms with Gasteiger partial charge >= 0.3 is 11.7 Å². The molecule has 1 unspecified atom stereocenters. The maximum Gasteiger partial charge on any atom is 0.406 e. The van der Waals surface area contributed by atoms with E-state index < -0.39 is 47.6 Å². The number of likely N-dealkylation sites (tertiary alicyclic amines) is 1. The number of hydrogen-bond donors (Lipinski definition) is 1. The fourth-order valence-corrected chi connectivity index (χ4v) is 4.41. The molecule has 1 aromatic carbocycles. The zero-order chi connectivity index (χ0) is 24.6. The van der Waals surface area contributed by atoms with Crippen LogP contribution in [0.25, 0.3) is 0 Å². The van der Waals surface area contributed by atoms with Crippen molar-refractivity contribution in [1.29, 1.82) is 0 Å². The van der Waals surface area contributed by atoms with Crippen molar-refractivity contribution in [3.8, 4) is 11.5 Å². The molecule has 1 fully saturated rings. The van der Waals surface area contributed by atoms with Crippen molar-refractivity contribution >= 4 is 23.4 Å². The number of halogens is 4. The monoisotopic (exact) mass is 500 g/mol. The van der Waals surface area contributed by atoms with E-state index in [4.69, 9.17) is 16.3 Å². The van der Waals surface area contributed by atoms with Crippen molar-refractivity contribution in [2.24, 2.45) is 0 Å². The summed E-state index contributed by atoms with van der Waals surface area (Å²) in [5.41, 5.74) is -1.70. The maximum atomic E-state index is 12.9. The number of rotatable bonds is 5. The Kier molecular flexibility index (Phi) is 6.43. The molecular formula is C21H20ClF3N4O5. The van der Waals surface area contributed by atoms with Crippen LogP contribution in [0.1, 0.15) is 35.2 Å². The number of ether oxygens (including phenoxy) is 1. The van der Waals surface area contributed by atoms with E-state index in [9.17, 15) is 32.7 Å². The molecule has 2 aliphatic heterocycles. The third-order valence-corrected chi connectivity index (χ3v) is 6.01. The summed E-state index contributed by atoms with van der Waals surface area (Å²) < 4.78 is 45.3. The maximum absolute atomic E-state index is 12.9. The zero-order valence-corrected chi connectivity index (χ0v) is 18.5. The second-order valence-corrected chi connectivity index (χ2v) is 8.34. The van der Waals surface area contributed by atoms with Crippen LogP contribution >= 0.6 is 11.6 Å². The smallest absolute Gasteiger partial charge is 0.406 e. The summed E-state index contributed by atoms with van der Waals surface area (Å²) in [5, 5.41) is 10.5. The zero-order valence-electron chi connectivity index (χ0n) is 17.7. The Morgan fingerprint density at radius 3 is 2.65 bits per heavy atom. The second kappa shape index (κ2) is 9.16. The lowest BCUT2D eigenvalue weighted by Gasteiger charge is -2.34. The number of carbonyl (C=O) groups excluding carboxylic acids is 2. The summed E-state index contributed by atoms with van der Waals surface area (Å²) in [6.45, 7) is -1.94. The number of benzene rings is 1. The first-order chi connectivity index (χ1) is 16.1. The Bertz CT molecular complexity index is 1190. The molecule has 1 atom stereocenters. The largest absolute Gasteiger partial charge is 0.501 e. The SMILES string of the molecule is O=C1c2c(O)c(=O)nc(C3CCCN3C(=O)COc3ccccc3Cl)n2CCN1CC(F)(F)F. The molecule has 4 rings (SSSR count). The molecule has 1 saturated heterocycles. The Labute approximate surface area is 196 Å². The summed E-state index contributed by atoms with van der Waals surface area (Å²) in [7, 11) is 0. The minimum atomic E-state index is -4.64. The first-order valence-electron chi connectivity index (χ1n) is 10.4. The van der Waals surface area contributed by atoms with Crippen molar-refractivity contribution in [1.82, 2.24) is 19.4 Å². The molecule has 9 nitrogen and oxygen atoms in total. The second-order valence-electron chi connectivity index (χ2n) is 7.93. The molecule has 1 N–H and O–H groups in total. The fourth-order valence-electron chi connectivity index (χ4n) is 4.22. The normalized spacial score (nSPS) is 18.2. The van der Waals surface area contributed by atoms with E-state index in [1.54, 1.807) is 24.3 Å². The number of nitrogens with zero attached hydrogens (tertiary/aromatic N) is 4. The summed E-state index contributed by atoms with van der Waals surface area (Å²) in [5.74, 6) is -2.19. The van der Waals surface area contributed by atoms with Gasteiger partial charge in [0.15, 0.2) is 12.3 Å². The van der Waals surface area contributed by atoms with Gasteiger partial charge in [0.2, 0.25) is 5.75 Å². The molecule has 34 heavy (non-hydrogen) atoms. The van der Waals surface area contributed by atoms with Crippen LogP contribution < -0.4 is 10.3 Å². The number of alkyl halides is 3. The minimum Gasteiger partial charge on any atom is -0.501 e. The summed E-state index contributed by atoms with van der Waals surface area (Å²) in [6, 6.07) is 5.91. The predicted octanol–water partition coefficient (Wildman–Crippen LogP) is 2.36. The first-order valence-corrected chi connectivity index (χ1v) is 10.8. The Hall–Kier alpha value is -3.28. The van der Waals surface area contributed by atoms with E-state index in [1.165, 1.54) is 9.47 Å². The van der Waals surface area contributed by atoms with Crippen molar-refractivity contribution < 1.29 is 32.6 Å². The fraction of sp³-hybridized carbons (Fsp3) is 0.429. The molecule has 2 aliphatic rings. The van der Waals surface area contributed by atoms with Gasteiger partial charge < -0.3 is 24.2 Å². The van der Waals surface area contributed by atoms with Crippen LogP contribution in [0.3, 0.4) is 0 Å². The number of hydrogen-bond acceptors (Lipinski definition) is 6. The first kappa shape index (κ1) is 23.9. The van der Waals surface area contributed by atoms with Gasteiger partial charge in [-0.3, -0.25) is 14.4 Å². The Morgan fingerprint density at radius 1 is 1.21 bits per heavy atom. The van der Waals surface area contributed by atoms with Crippen LogP contribution in [0, 0.1) is 0 Å². The van der Waals surface area contributed by atoms with Gasteiger partial charge in [-0.2, -0.15) is 18.2 Å². The van der Waals surface area contributed by atoms with Crippen LogP contribution in [-0.4, -0.2) is 68.7 Å². The van der Waals surface area contributed by atoms with Gasteiger partial charge in [-0.25, -0.2) is 0 Å². The van der Waals surface area contributed by atoms with Gasteiger partial charge in [0.1, 0.15) is 18.1 Å². The van der Waals surface area contributed by atoms with Crippen molar-refractivity contribution in [2.75, 3.05) is 26.2 Å². The molecule has 182 valence electrons. The third-order valence-electron chi connectivity index (χ3n) is 5.70. The minimum absolute atomic E-state index is 0.0430. The Balaban J connectivity index is 1.61. The highest BCUT2D eigenvalue weighted by atomic mass is 35.5. The van der Waals surface area contributed by atoms with E-state index in [0.717, 1.165) is 0 Å². The molecular weight excluding hydrogens is 481 g/mol. The average molecular weight is 501 g/mol. The summed E-state index contributed by atoms with van der Waals surface area (Å²) in [6.07, 6.45) is -3.66. The molecule has 0 radical (unpaired) electrons. The predicted molar refractivity (Wildman–Crippen MR) is 113 cm³/mol. The van der Waals surface area contributed by atoms with E-state index >= 15 is 0 Å². The van der Waals surface area contributed by atoms with Crippen LogP contribution in [0.5, 0.6) is 11.5 Å². The highest BCUT2D eigenvalue weighted by molar-refractivity contribution is 6.32. The molecule has 0 spiro atoms. The van der Waals surface area contributed by atoms with Crippen molar-refractivity contribution in [3.05, 3.63) is 51.2 Å². The van der Waals surface area contributed by atoms with Crippen LogP contribution in [0.4, 0.5) is 13.2 Å². The van der Waals surface area contributed by atoms with Crippen LogP contribution in [0.15, 0.2) is 29.1 Å². The molecule has 0 bridgehead atoms. The van der Waals surface area contributed by atoms with Gasteiger partial charge in [0.05, 0.1) is 11.1 Å². The summed E-state index contributed by atoms with van der Waals surface area (Å²) >= 11 is 6.04. The Morgan fingerprint density at radius 2 is 1.94 bits per heavy atom. The lowest BCUT2D eigenvalue weighted by atomic mass is 10.1. The molecule has 2 aromatic rings. The molecule has 0 saturated carbocycles. The number of carbonyl (C=O) groups is 2.